The summed E-state index contributed by atoms with van der Waals surface area (Å²) in [5, 5.41) is 0. The standard InChI is InChI=1S/C9H12BrNS2/c1-9(2-4-12-5-3-9)7-6-11-8(10)13-7/h6H,2-5H2,1H3. The second-order valence-corrected chi connectivity index (χ2v) is 7.18. The van der Waals surface area contributed by atoms with Gasteiger partial charge in [-0.05, 0) is 40.3 Å². The van der Waals surface area contributed by atoms with E-state index < -0.39 is 0 Å². The quantitative estimate of drug-likeness (QED) is 0.777. The number of hydrogen-bond acceptors (Lipinski definition) is 3. The molecule has 0 bridgehead atoms. The minimum Gasteiger partial charge on any atom is -0.237 e. The van der Waals surface area contributed by atoms with Gasteiger partial charge in [0.05, 0.1) is 0 Å². The normalized spacial score (nSPS) is 21.7. The fourth-order valence-corrected chi connectivity index (χ4v) is 4.46. The van der Waals surface area contributed by atoms with Crippen LogP contribution >= 0.6 is 39.0 Å². The Morgan fingerprint density at radius 1 is 1.46 bits per heavy atom. The van der Waals surface area contributed by atoms with Crippen LogP contribution in [0, 0.1) is 0 Å². The van der Waals surface area contributed by atoms with Gasteiger partial charge in [0.2, 0.25) is 0 Å². The maximum absolute atomic E-state index is 4.27. The molecule has 1 aliphatic rings. The Labute approximate surface area is 95.5 Å². The lowest BCUT2D eigenvalue weighted by Crippen LogP contribution is -2.26. The van der Waals surface area contributed by atoms with Gasteiger partial charge in [-0.1, -0.05) is 6.92 Å². The Balaban J connectivity index is 2.22. The molecule has 72 valence electrons. The maximum Gasteiger partial charge on any atom is 0.159 e. The monoisotopic (exact) mass is 277 g/mol. The van der Waals surface area contributed by atoms with Crippen LogP contribution in [0.4, 0.5) is 0 Å². The molecule has 0 atom stereocenters. The Morgan fingerprint density at radius 3 is 2.69 bits per heavy atom. The lowest BCUT2D eigenvalue weighted by molar-refractivity contribution is 0.445. The third kappa shape index (κ3) is 2.10. The van der Waals surface area contributed by atoms with Gasteiger partial charge in [0.1, 0.15) is 0 Å². The van der Waals surface area contributed by atoms with Crippen molar-refractivity contribution in [3.8, 4) is 0 Å². The van der Waals surface area contributed by atoms with Crippen LogP contribution < -0.4 is 0 Å². The summed E-state index contributed by atoms with van der Waals surface area (Å²) in [4.78, 5) is 5.71. The molecule has 0 amide bonds. The minimum atomic E-state index is 0.398. The van der Waals surface area contributed by atoms with Crippen LogP contribution in [-0.2, 0) is 5.41 Å². The molecule has 4 heteroatoms. The van der Waals surface area contributed by atoms with E-state index in [9.17, 15) is 0 Å². The van der Waals surface area contributed by atoms with Crippen LogP contribution in [0.1, 0.15) is 24.6 Å². The second-order valence-electron chi connectivity index (χ2n) is 3.65. The summed E-state index contributed by atoms with van der Waals surface area (Å²) in [5.74, 6) is 2.60. The van der Waals surface area contributed by atoms with Crippen molar-refractivity contribution in [1.29, 1.82) is 0 Å². The van der Waals surface area contributed by atoms with E-state index in [2.05, 4.69) is 39.6 Å². The smallest absolute Gasteiger partial charge is 0.159 e. The van der Waals surface area contributed by atoms with E-state index in [1.165, 1.54) is 29.2 Å². The summed E-state index contributed by atoms with van der Waals surface area (Å²) in [5.41, 5.74) is 0.398. The van der Waals surface area contributed by atoms with Crippen LogP contribution in [0.25, 0.3) is 0 Å². The van der Waals surface area contributed by atoms with Crippen molar-refractivity contribution in [3.63, 3.8) is 0 Å². The van der Waals surface area contributed by atoms with Crippen molar-refractivity contribution in [1.82, 2.24) is 4.98 Å². The van der Waals surface area contributed by atoms with Gasteiger partial charge in [-0.25, -0.2) is 4.98 Å². The van der Waals surface area contributed by atoms with Gasteiger partial charge in [0, 0.05) is 16.5 Å². The topological polar surface area (TPSA) is 12.9 Å². The van der Waals surface area contributed by atoms with E-state index in [1.54, 1.807) is 11.3 Å². The molecular formula is C9H12BrNS2. The fourth-order valence-electron chi connectivity index (χ4n) is 1.60. The molecule has 0 spiro atoms. The Kier molecular flexibility index (Phi) is 3.01. The number of hydrogen-bond donors (Lipinski definition) is 0. The summed E-state index contributed by atoms with van der Waals surface area (Å²) < 4.78 is 1.02. The predicted octanol–water partition coefficient (Wildman–Crippen LogP) is 3.69. The van der Waals surface area contributed by atoms with Gasteiger partial charge in [-0.2, -0.15) is 11.8 Å². The van der Waals surface area contributed by atoms with Crippen LogP contribution in [0.5, 0.6) is 0 Å². The van der Waals surface area contributed by atoms with Gasteiger partial charge in [0.25, 0.3) is 0 Å². The van der Waals surface area contributed by atoms with E-state index in [-0.39, 0.29) is 0 Å². The molecule has 0 saturated carbocycles. The summed E-state index contributed by atoms with van der Waals surface area (Å²) in [6.07, 6.45) is 4.63. The molecule has 0 aliphatic carbocycles. The van der Waals surface area contributed by atoms with Gasteiger partial charge < -0.3 is 0 Å². The van der Waals surface area contributed by atoms with Crippen LogP contribution in [-0.4, -0.2) is 16.5 Å². The van der Waals surface area contributed by atoms with E-state index in [0.717, 1.165) is 3.92 Å². The zero-order chi connectivity index (χ0) is 9.31. The Bertz CT molecular complexity index is 292. The van der Waals surface area contributed by atoms with Crippen LogP contribution in [0.15, 0.2) is 10.1 Å². The maximum atomic E-state index is 4.27. The SMILES string of the molecule is CC1(c2cnc(Br)s2)CCSCC1. The highest BCUT2D eigenvalue weighted by molar-refractivity contribution is 9.11. The molecule has 0 N–H and O–H groups in total. The second kappa shape index (κ2) is 3.91. The Hall–Kier alpha value is 0.460. The lowest BCUT2D eigenvalue weighted by atomic mass is 9.83. The Morgan fingerprint density at radius 2 is 2.15 bits per heavy atom. The molecule has 13 heavy (non-hydrogen) atoms. The highest BCUT2D eigenvalue weighted by Gasteiger charge is 2.30. The zero-order valence-corrected chi connectivity index (χ0v) is 10.8. The summed E-state index contributed by atoms with van der Waals surface area (Å²) >= 11 is 7.29. The van der Waals surface area contributed by atoms with Gasteiger partial charge in [-0.15, -0.1) is 11.3 Å². The number of halogens is 1. The van der Waals surface area contributed by atoms with Gasteiger partial charge in [0.15, 0.2) is 3.92 Å². The molecule has 1 nitrogen and oxygen atoms in total. The molecule has 1 aromatic rings. The number of rotatable bonds is 1. The first-order chi connectivity index (χ1) is 6.21. The molecule has 1 saturated heterocycles. The van der Waals surface area contributed by atoms with Crippen LogP contribution in [0.2, 0.25) is 0 Å². The average Bonchev–Trinajstić information content (AvgIpc) is 2.54. The van der Waals surface area contributed by atoms with Gasteiger partial charge in [-0.3, -0.25) is 0 Å². The first kappa shape index (κ1) is 9.99. The fraction of sp³-hybridized carbons (Fsp3) is 0.667. The minimum absolute atomic E-state index is 0.398. The highest BCUT2D eigenvalue weighted by atomic mass is 79.9. The van der Waals surface area contributed by atoms with Crippen molar-refractivity contribution in [2.24, 2.45) is 0 Å². The highest BCUT2D eigenvalue weighted by Crippen LogP contribution is 2.40. The van der Waals surface area contributed by atoms with Crippen LogP contribution in [0.3, 0.4) is 0 Å². The van der Waals surface area contributed by atoms with E-state index in [0.29, 0.717) is 5.41 Å². The summed E-state index contributed by atoms with van der Waals surface area (Å²) in [6, 6.07) is 0. The van der Waals surface area contributed by atoms with Crippen molar-refractivity contribution >= 4 is 39.0 Å². The molecule has 1 aliphatic heterocycles. The summed E-state index contributed by atoms with van der Waals surface area (Å²) in [7, 11) is 0. The summed E-state index contributed by atoms with van der Waals surface area (Å²) in [6.45, 7) is 2.37. The largest absolute Gasteiger partial charge is 0.237 e. The average molecular weight is 278 g/mol. The van der Waals surface area contributed by atoms with E-state index in [1.807, 2.05) is 6.20 Å². The van der Waals surface area contributed by atoms with Crippen molar-refractivity contribution < 1.29 is 0 Å². The molecule has 0 unspecified atom stereocenters. The number of aromatic nitrogens is 1. The molecule has 2 rings (SSSR count). The molecule has 1 fully saturated rings. The molecule has 0 aromatic carbocycles. The lowest BCUT2D eigenvalue weighted by Gasteiger charge is -2.31. The first-order valence-electron chi connectivity index (χ1n) is 4.40. The zero-order valence-electron chi connectivity index (χ0n) is 7.55. The number of thiazole rings is 1. The van der Waals surface area contributed by atoms with Crippen molar-refractivity contribution in [2.75, 3.05) is 11.5 Å². The van der Waals surface area contributed by atoms with Gasteiger partial charge >= 0.3 is 0 Å². The van der Waals surface area contributed by atoms with E-state index in [4.69, 9.17) is 0 Å². The third-order valence-corrected chi connectivity index (χ3v) is 5.44. The number of nitrogens with zero attached hydrogens (tertiary/aromatic N) is 1. The molecule has 0 radical (unpaired) electrons. The number of thioether (sulfide) groups is 1. The van der Waals surface area contributed by atoms with E-state index >= 15 is 0 Å². The third-order valence-electron chi connectivity index (χ3n) is 2.67. The molecule has 1 aromatic heterocycles. The molecular weight excluding hydrogens is 266 g/mol. The van der Waals surface area contributed by atoms with Crippen molar-refractivity contribution in [2.45, 2.75) is 25.2 Å². The molecule has 2 heterocycles. The predicted molar refractivity (Wildman–Crippen MR) is 63.7 cm³/mol. The first-order valence-corrected chi connectivity index (χ1v) is 7.17. The van der Waals surface area contributed by atoms with Crippen molar-refractivity contribution in [3.05, 3.63) is 15.0 Å².